The van der Waals surface area contributed by atoms with Gasteiger partial charge in [0.05, 0.1) is 24.0 Å². The van der Waals surface area contributed by atoms with Crippen LogP contribution in [-0.4, -0.2) is 45.9 Å². The number of Topliss-reactive ketones (excluding diaryl/α,β-unsaturated/α-hetero) is 1. The SMILES string of the molecule is O=C(C1=C(O)C(=O)N(C[C@@H]2CCCO2)[C@@H]1c1cccnc1)c1ccco1. The standard InChI is InChI=1S/C19H18N2O5/c22-17(14-6-3-9-26-14)15-16(12-4-1-7-20-10-12)21(19(24)18(15)23)11-13-5-2-8-25-13/h1,3-4,6-7,9-10,13,16,23H,2,5,8,11H2/t13-,16+/m0/s1. The number of furan rings is 1. The van der Waals surface area contributed by atoms with Gasteiger partial charge >= 0.3 is 0 Å². The number of ketones is 1. The molecule has 0 radical (unpaired) electrons. The van der Waals surface area contributed by atoms with Crippen LogP contribution in [0, 0.1) is 0 Å². The van der Waals surface area contributed by atoms with E-state index in [0.29, 0.717) is 18.7 Å². The topological polar surface area (TPSA) is 92.9 Å². The summed E-state index contributed by atoms with van der Waals surface area (Å²) in [6.07, 6.45) is 6.25. The van der Waals surface area contributed by atoms with Crippen LogP contribution < -0.4 is 0 Å². The van der Waals surface area contributed by atoms with Crippen molar-refractivity contribution in [1.82, 2.24) is 9.88 Å². The summed E-state index contributed by atoms with van der Waals surface area (Å²) in [4.78, 5) is 31.2. The van der Waals surface area contributed by atoms with E-state index in [1.54, 1.807) is 30.6 Å². The highest BCUT2D eigenvalue weighted by Crippen LogP contribution is 2.39. The minimum atomic E-state index is -0.724. The Morgan fingerprint density at radius 2 is 2.23 bits per heavy atom. The molecule has 1 amide bonds. The average Bonchev–Trinajstić information content (AvgIpc) is 3.40. The van der Waals surface area contributed by atoms with Crippen molar-refractivity contribution in [3.63, 3.8) is 0 Å². The smallest absolute Gasteiger partial charge is 0.290 e. The lowest BCUT2D eigenvalue weighted by molar-refractivity contribution is -0.131. The number of aliphatic hydroxyl groups is 1. The molecule has 2 aromatic heterocycles. The van der Waals surface area contributed by atoms with Gasteiger partial charge in [0.25, 0.3) is 5.91 Å². The lowest BCUT2D eigenvalue weighted by Gasteiger charge is -2.28. The largest absolute Gasteiger partial charge is 0.503 e. The summed E-state index contributed by atoms with van der Waals surface area (Å²) >= 11 is 0. The van der Waals surface area contributed by atoms with Crippen molar-refractivity contribution in [2.24, 2.45) is 0 Å². The Hall–Kier alpha value is -2.93. The monoisotopic (exact) mass is 354 g/mol. The van der Waals surface area contributed by atoms with E-state index >= 15 is 0 Å². The van der Waals surface area contributed by atoms with E-state index in [2.05, 4.69) is 4.98 Å². The molecule has 0 aliphatic carbocycles. The van der Waals surface area contributed by atoms with Crippen molar-refractivity contribution in [1.29, 1.82) is 0 Å². The molecule has 1 saturated heterocycles. The van der Waals surface area contributed by atoms with Gasteiger partial charge in [-0.05, 0) is 36.6 Å². The molecule has 26 heavy (non-hydrogen) atoms. The zero-order valence-corrected chi connectivity index (χ0v) is 14.0. The van der Waals surface area contributed by atoms with Gasteiger partial charge in [0, 0.05) is 25.5 Å². The van der Waals surface area contributed by atoms with E-state index < -0.39 is 23.5 Å². The highest BCUT2D eigenvalue weighted by Gasteiger charge is 2.45. The van der Waals surface area contributed by atoms with Gasteiger partial charge in [-0.3, -0.25) is 14.6 Å². The average molecular weight is 354 g/mol. The lowest BCUT2D eigenvalue weighted by atomic mass is 9.96. The molecule has 7 nitrogen and oxygen atoms in total. The molecule has 7 heteroatoms. The maximum atomic E-state index is 12.9. The van der Waals surface area contributed by atoms with Gasteiger partial charge in [0.1, 0.15) is 0 Å². The first-order chi connectivity index (χ1) is 12.7. The van der Waals surface area contributed by atoms with E-state index in [1.807, 2.05) is 0 Å². The second-order valence-electron chi connectivity index (χ2n) is 6.35. The van der Waals surface area contributed by atoms with E-state index in [9.17, 15) is 14.7 Å². The Kier molecular flexibility index (Phi) is 4.30. The second kappa shape index (κ2) is 6.76. The van der Waals surface area contributed by atoms with Gasteiger partial charge in [0.2, 0.25) is 5.78 Å². The molecule has 0 spiro atoms. The number of aromatic nitrogens is 1. The van der Waals surface area contributed by atoms with E-state index in [0.717, 1.165) is 12.8 Å². The predicted molar refractivity (Wildman–Crippen MR) is 90.4 cm³/mol. The Bertz CT molecular complexity index is 838. The Labute approximate surface area is 149 Å². The molecule has 2 aliphatic rings. The number of carbonyl (C=O) groups excluding carboxylic acids is 2. The molecular weight excluding hydrogens is 336 g/mol. The van der Waals surface area contributed by atoms with Gasteiger partial charge in [-0.15, -0.1) is 0 Å². The van der Waals surface area contributed by atoms with Crippen LogP contribution in [0.1, 0.15) is 35.0 Å². The molecule has 0 unspecified atom stereocenters. The van der Waals surface area contributed by atoms with Crippen molar-refractivity contribution < 1.29 is 23.8 Å². The normalized spacial score (nSPS) is 23.1. The van der Waals surface area contributed by atoms with E-state index in [1.165, 1.54) is 17.2 Å². The second-order valence-corrected chi connectivity index (χ2v) is 6.35. The number of amides is 1. The van der Waals surface area contributed by atoms with Gasteiger partial charge in [0.15, 0.2) is 11.5 Å². The zero-order valence-electron chi connectivity index (χ0n) is 14.0. The molecule has 1 N–H and O–H groups in total. The van der Waals surface area contributed by atoms with Crippen LogP contribution in [0.3, 0.4) is 0 Å². The van der Waals surface area contributed by atoms with Gasteiger partial charge in [-0.25, -0.2) is 0 Å². The third-order valence-electron chi connectivity index (χ3n) is 4.72. The molecule has 0 bridgehead atoms. The minimum absolute atomic E-state index is 0.0101. The molecule has 4 rings (SSSR count). The molecule has 134 valence electrons. The van der Waals surface area contributed by atoms with Crippen molar-refractivity contribution >= 4 is 11.7 Å². The number of ether oxygens (including phenoxy) is 1. The molecule has 2 aromatic rings. The third-order valence-corrected chi connectivity index (χ3v) is 4.72. The van der Waals surface area contributed by atoms with Gasteiger partial charge in [-0.1, -0.05) is 6.07 Å². The quantitative estimate of drug-likeness (QED) is 0.829. The highest BCUT2D eigenvalue weighted by molar-refractivity contribution is 6.14. The molecule has 4 heterocycles. The molecule has 0 saturated carbocycles. The van der Waals surface area contributed by atoms with E-state index in [4.69, 9.17) is 9.15 Å². The number of rotatable bonds is 5. The Morgan fingerprint density at radius 3 is 2.88 bits per heavy atom. The summed E-state index contributed by atoms with van der Waals surface area (Å²) in [7, 11) is 0. The zero-order chi connectivity index (χ0) is 18.1. The van der Waals surface area contributed by atoms with Crippen LogP contribution in [0.15, 0.2) is 58.7 Å². The first-order valence-corrected chi connectivity index (χ1v) is 8.50. The fraction of sp³-hybridized carbons (Fsp3) is 0.316. The lowest BCUT2D eigenvalue weighted by Crippen LogP contribution is -2.37. The van der Waals surface area contributed by atoms with Crippen molar-refractivity contribution in [3.05, 3.63) is 65.6 Å². The number of hydrogen-bond donors (Lipinski definition) is 1. The summed E-state index contributed by atoms with van der Waals surface area (Å²) in [5.41, 5.74) is 0.661. The molecule has 2 aliphatic heterocycles. The van der Waals surface area contributed by atoms with Crippen molar-refractivity contribution in [2.45, 2.75) is 25.0 Å². The minimum Gasteiger partial charge on any atom is -0.503 e. The number of pyridine rings is 1. The molecular formula is C19H18N2O5. The Balaban J connectivity index is 1.74. The van der Waals surface area contributed by atoms with Crippen molar-refractivity contribution in [2.75, 3.05) is 13.2 Å². The van der Waals surface area contributed by atoms with Crippen LogP contribution in [0.5, 0.6) is 0 Å². The predicted octanol–water partition coefficient (Wildman–Crippen LogP) is 2.43. The molecule has 1 fully saturated rings. The highest BCUT2D eigenvalue weighted by atomic mass is 16.5. The van der Waals surface area contributed by atoms with E-state index in [-0.39, 0.29) is 17.4 Å². The molecule has 2 atom stereocenters. The van der Waals surface area contributed by atoms with Crippen LogP contribution in [0.25, 0.3) is 0 Å². The summed E-state index contributed by atoms with van der Waals surface area (Å²) < 4.78 is 10.8. The van der Waals surface area contributed by atoms with Crippen LogP contribution in [-0.2, 0) is 9.53 Å². The number of hydrogen-bond acceptors (Lipinski definition) is 6. The summed E-state index contributed by atoms with van der Waals surface area (Å²) in [5, 5.41) is 10.5. The molecule has 0 aromatic carbocycles. The van der Waals surface area contributed by atoms with Gasteiger partial charge < -0.3 is 19.2 Å². The van der Waals surface area contributed by atoms with Crippen molar-refractivity contribution in [3.8, 4) is 0 Å². The summed E-state index contributed by atoms with van der Waals surface area (Å²) in [6, 6.07) is 5.88. The summed E-state index contributed by atoms with van der Waals surface area (Å²) in [6.45, 7) is 0.958. The number of aliphatic hydroxyl groups excluding tert-OH is 1. The third kappa shape index (κ3) is 2.80. The maximum Gasteiger partial charge on any atom is 0.290 e. The van der Waals surface area contributed by atoms with Crippen LogP contribution in [0.4, 0.5) is 0 Å². The maximum absolute atomic E-state index is 12.9. The Morgan fingerprint density at radius 1 is 1.35 bits per heavy atom. The van der Waals surface area contributed by atoms with Crippen LogP contribution >= 0.6 is 0 Å². The van der Waals surface area contributed by atoms with Gasteiger partial charge in [-0.2, -0.15) is 0 Å². The number of carbonyl (C=O) groups is 2. The first kappa shape index (κ1) is 16.5. The summed E-state index contributed by atoms with van der Waals surface area (Å²) in [5.74, 6) is -1.56. The van der Waals surface area contributed by atoms with Crippen LogP contribution in [0.2, 0.25) is 0 Å². The fourth-order valence-corrected chi connectivity index (χ4v) is 3.51. The number of nitrogens with zero attached hydrogens (tertiary/aromatic N) is 2. The first-order valence-electron chi connectivity index (χ1n) is 8.50. The fourth-order valence-electron chi connectivity index (χ4n) is 3.51.